The van der Waals surface area contributed by atoms with Crippen LogP contribution in [0.2, 0.25) is 0 Å². The molecular weight excluding hydrogens is 232 g/mol. The Morgan fingerprint density at radius 1 is 1.50 bits per heavy atom. The number of hydrogen-bond donors (Lipinski definition) is 2. The number of rotatable bonds is 3. The average molecular weight is 250 g/mol. The van der Waals surface area contributed by atoms with Gasteiger partial charge in [0, 0.05) is 13.1 Å². The van der Waals surface area contributed by atoms with Gasteiger partial charge in [0.1, 0.15) is 17.7 Å². The summed E-state index contributed by atoms with van der Waals surface area (Å²) in [5.41, 5.74) is 5.59. The fraction of sp³-hybridized carbons (Fsp3) is 0.500. The number of ether oxygens (including phenoxy) is 1. The van der Waals surface area contributed by atoms with Gasteiger partial charge < -0.3 is 20.7 Å². The summed E-state index contributed by atoms with van der Waals surface area (Å²) in [6.45, 7) is 4.33. The summed E-state index contributed by atoms with van der Waals surface area (Å²) in [4.78, 5) is 18.0. The first-order valence-corrected chi connectivity index (χ1v) is 6.02. The minimum atomic E-state index is -0.322. The minimum Gasteiger partial charge on any atom is -0.384 e. The van der Waals surface area contributed by atoms with Crippen LogP contribution in [0.15, 0.2) is 18.2 Å². The molecule has 0 saturated carbocycles. The van der Waals surface area contributed by atoms with Crippen LogP contribution in [0, 0.1) is 0 Å². The van der Waals surface area contributed by atoms with Crippen LogP contribution < -0.4 is 11.1 Å². The summed E-state index contributed by atoms with van der Waals surface area (Å²) >= 11 is 0. The first-order valence-electron chi connectivity index (χ1n) is 6.02. The summed E-state index contributed by atoms with van der Waals surface area (Å²) in [7, 11) is 0. The molecule has 1 aromatic rings. The molecular formula is C12H18N4O2. The molecule has 2 heterocycles. The lowest BCUT2D eigenvalue weighted by Crippen LogP contribution is -2.47. The molecule has 1 aromatic heterocycles. The van der Waals surface area contributed by atoms with Crippen LogP contribution in [-0.4, -0.2) is 48.1 Å². The average Bonchev–Trinajstić information content (AvgIpc) is 2.39. The third kappa shape index (κ3) is 3.10. The lowest BCUT2D eigenvalue weighted by Gasteiger charge is -2.29. The highest BCUT2D eigenvalue weighted by atomic mass is 16.5. The molecule has 1 aliphatic heterocycles. The fourth-order valence-corrected chi connectivity index (χ4v) is 1.87. The van der Waals surface area contributed by atoms with Crippen molar-refractivity contribution in [2.24, 2.45) is 0 Å². The van der Waals surface area contributed by atoms with Crippen LogP contribution in [0.3, 0.4) is 0 Å². The number of carbonyl (C=O) groups excluding carboxylic acids is 1. The zero-order chi connectivity index (χ0) is 13.0. The number of carbonyl (C=O) groups is 1. The summed E-state index contributed by atoms with van der Waals surface area (Å²) in [5, 5.41) is 3.06. The molecule has 0 radical (unpaired) electrons. The number of nitrogens with two attached hydrogens (primary N) is 1. The molecule has 6 heteroatoms. The molecule has 0 spiro atoms. The van der Waals surface area contributed by atoms with Gasteiger partial charge in [0.25, 0.3) is 0 Å². The molecule has 1 unspecified atom stereocenters. The van der Waals surface area contributed by atoms with Crippen molar-refractivity contribution in [1.82, 2.24) is 9.88 Å². The summed E-state index contributed by atoms with van der Waals surface area (Å²) in [5.74, 6) is 1.11. The van der Waals surface area contributed by atoms with Crippen molar-refractivity contribution < 1.29 is 9.53 Å². The first kappa shape index (κ1) is 12.6. The normalized spacial score (nSPS) is 17.3. The van der Waals surface area contributed by atoms with E-state index in [1.54, 1.807) is 23.1 Å². The Bertz CT molecular complexity index is 418. The van der Waals surface area contributed by atoms with E-state index < -0.39 is 0 Å². The third-order valence-electron chi connectivity index (χ3n) is 2.83. The van der Waals surface area contributed by atoms with Gasteiger partial charge in [0.05, 0.1) is 13.2 Å². The summed E-state index contributed by atoms with van der Waals surface area (Å²) < 4.78 is 5.22. The quantitative estimate of drug-likeness (QED) is 0.807. The van der Waals surface area contributed by atoms with Gasteiger partial charge in [-0.1, -0.05) is 6.07 Å². The molecule has 0 bridgehead atoms. The van der Waals surface area contributed by atoms with Crippen LogP contribution in [0.25, 0.3) is 0 Å². The Hall–Kier alpha value is -1.82. The van der Waals surface area contributed by atoms with Gasteiger partial charge in [-0.25, -0.2) is 4.98 Å². The number of hydrogen-bond acceptors (Lipinski definition) is 5. The largest absolute Gasteiger partial charge is 0.384 e. The van der Waals surface area contributed by atoms with Crippen LogP contribution in [0.1, 0.15) is 6.92 Å². The monoisotopic (exact) mass is 250 g/mol. The smallest absolute Gasteiger partial charge is 0.244 e. The van der Waals surface area contributed by atoms with E-state index in [1.165, 1.54) is 0 Å². The standard InChI is InChI=1S/C12H18N4O2/c1-9(12(17)16-5-7-18-8-6-16)14-11-4-2-3-10(13)15-11/h2-4,9H,5-8H2,1H3,(H3,13,14,15). The lowest BCUT2D eigenvalue weighted by molar-refractivity contribution is -0.135. The maximum atomic E-state index is 12.1. The van der Waals surface area contributed by atoms with Crippen LogP contribution in [0.4, 0.5) is 11.6 Å². The molecule has 18 heavy (non-hydrogen) atoms. The Kier molecular flexibility index (Phi) is 3.99. The van der Waals surface area contributed by atoms with Crippen LogP contribution in [-0.2, 0) is 9.53 Å². The van der Waals surface area contributed by atoms with Crippen molar-refractivity contribution in [2.45, 2.75) is 13.0 Å². The number of amides is 1. The lowest BCUT2D eigenvalue weighted by atomic mass is 10.2. The Morgan fingerprint density at radius 2 is 2.22 bits per heavy atom. The second-order valence-electron chi connectivity index (χ2n) is 4.25. The number of nitrogens with one attached hydrogen (secondary N) is 1. The third-order valence-corrected chi connectivity index (χ3v) is 2.83. The maximum Gasteiger partial charge on any atom is 0.244 e. The van der Waals surface area contributed by atoms with E-state index in [9.17, 15) is 4.79 Å². The van der Waals surface area contributed by atoms with Crippen molar-refractivity contribution in [3.8, 4) is 0 Å². The molecule has 0 aliphatic carbocycles. The van der Waals surface area contributed by atoms with Crippen LogP contribution in [0.5, 0.6) is 0 Å². The molecule has 1 fully saturated rings. The highest BCUT2D eigenvalue weighted by Crippen LogP contribution is 2.09. The van der Waals surface area contributed by atoms with Gasteiger partial charge in [-0.15, -0.1) is 0 Å². The van der Waals surface area contributed by atoms with E-state index in [0.717, 1.165) is 0 Å². The highest BCUT2D eigenvalue weighted by molar-refractivity contribution is 5.84. The zero-order valence-corrected chi connectivity index (χ0v) is 10.4. The van der Waals surface area contributed by atoms with Crippen molar-refractivity contribution in [3.05, 3.63) is 18.2 Å². The number of nitrogens with zero attached hydrogens (tertiary/aromatic N) is 2. The predicted octanol–water partition coefficient (Wildman–Crippen LogP) is 0.323. The van der Waals surface area contributed by atoms with Crippen molar-refractivity contribution >= 4 is 17.5 Å². The number of pyridine rings is 1. The SMILES string of the molecule is CC(Nc1cccc(N)n1)C(=O)N1CCOCC1. The molecule has 1 atom stereocenters. The number of nitrogen functional groups attached to an aromatic ring is 1. The predicted molar refractivity (Wildman–Crippen MR) is 69.1 cm³/mol. The van der Waals surface area contributed by atoms with Gasteiger partial charge in [-0.05, 0) is 19.1 Å². The summed E-state index contributed by atoms with van der Waals surface area (Å²) in [6.07, 6.45) is 0. The molecule has 1 saturated heterocycles. The molecule has 98 valence electrons. The second kappa shape index (κ2) is 5.68. The van der Waals surface area contributed by atoms with Crippen molar-refractivity contribution in [1.29, 1.82) is 0 Å². The van der Waals surface area contributed by atoms with Crippen molar-refractivity contribution in [3.63, 3.8) is 0 Å². The minimum absolute atomic E-state index is 0.0579. The van der Waals surface area contributed by atoms with E-state index in [-0.39, 0.29) is 11.9 Å². The van der Waals surface area contributed by atoms with Crippen LogP contribution >= 0.6 is 0 Å². The Balaban J connectivity index is 1.94. The van der Waals surface area contributed by atoms with Crippen molar-refractivity contribution in [2.75, 3.05) is 37.4 Å². The van der Waals surface area contributed by atoms with Gasteiger partial charge >= 0.3 is 0 Å². The molecule has 0 aromatic carbocycles. The molecule has 3 N–H and O–H groups in total. The molecule has 1 aliphatic rings. The Morgan fingerprint density at radius 3 is 2.89 bits per heavy atom. The number of anilines is 2. The Labute approximate surface area is 106 Å². The van der Waals surface area contributed by atoms with Gasteiger partial charge in [-0.3, -0.25) is 4.79 Å². The highest BCUT2D eigenvalue weighted by Gasteiger charge is 2.22. The van der Waals surface area contributed by atoms with E-state index >= 15 is 0 Å². The molecule has 6 nitrogen and oxygen atoms in total. The van der Waals surface area contributed by atoms with E-state index in [1.807, 2.05) is 6.92 Å². The van der Waals surface area contributed by atoms with E-state index in [2.05, 4.69) is 10.3 Å². The molecule has 2 rings (SSSR count). The van der Waals surface area contributed by atoms with Gasteiger partial charge in [0.2, 0.25) is 5.91 Å². The molecule has 1 amide bonds. The first-order chi connectivity index (χ1) is 8.66. The zero-order valence-electron chi connectivity index (χ0n) is 10.4. The fourth-order valence-electron chi connectivity index (χ4n) is 1.87. The topological polar surface area (TPSA) is 80.5 Å². The van der Waals surface area contributed by atoms with E-state index in [0.29, 0.717) is 37.9 Å². The second-order valence-corrected chi connectivity index (χ2v) is 4.25. The number of morpholine rings is 1. The van der Waals surface area contributed by atoms with Gasteiger partial charge in [0.15, 0.2) is 0 Å². The van der Waals surface area contributed by atoms with E-state index in [4.69, 9.17) is 10.5 Å². The maximum absolute atomic E-state index is 12.1. The number of aromatic nitrogens is 1. The summed E-state index contributed by atoms with van der Waals surface area (Å²) in [6, 6.07) is 4.98. The van der Waals surface area contributed by atoms with Gasteiger partial charge in [-0.2, -0.15) is 0 Å².